The lowest BCUT2D eigenvalue weighted by atomic mass is 10.0. The van der Waals surface area contributed by atoms with Gasteiger partial charge in [-0.15, -0.1) is 0 Å². The van der Waals surface area contributed by atoms with Crippen molar-refractivity contribution in [1.82, 2.24) is 10.2 Å². The Kier molecular flexibility index (Phi) is 7.04. The molecule has 2 rings (SSSR count). The predicted molar refractivity (Wildman–Crippen MR) is 102 cm³/mol. The van der Waals surface area contributed by atoms with E-state index in [4.69, 9.17) is 16.3 Å². The van der Waals surface area contributed by atoms with Gasteiger partial charge in [0.05, 0.1) is 19.6 Å². The first-order valence-corrected chi connectivity index (χ1v) is 8.67. The molecule has 2 aromatic rings. The fraction of sp³-hybridized carbons (Fsp3) is 0.300. The third-order valence-corrected chi connectivity index (χ3v) is 4.27. The van der Waals surface area contributed by atoms with Crippen LogP contribution in [0.2, 0.25) is 5.02 Å². The molecule has 0 aromatic heterocycles. The number of halogens is 1. The first kappa shape index (κ1) is 19.8. The van der Waals surface area contributed by atoms with Crippen molar-refractivity contribution in [2.24, 2.45) is 0 Å². The third kappa shape index (κ3) is 5.49. The van der Waals surface area contributed by atoms with Crippen LogP contribution in [-0.2, 0) is 16.1 Å². The van der Waals surface area contributed by atoms with E-state index in [-0.39, 0.29) is 24.3 Å². The lowest BCUT2D eigenvalue weighted by Crippen LogP contribution is -2.33. The molecule has 0 heterocycles. The fourth-order valence-electron chi connectivity index (χ4n) is 2.73. The van der Waals surface area contributed by atoms with Gasteiger partial charge in [0.2, 0.25) is 11.8 Å². The summed E-state index contributed by atoms with van der Waals surface area (Å²) in [7, 11) is 3.30. The Labute approximate surface area is 158 Å². The summed E-state index contributed by atoms with van der Waals surface area (Å²) in [4.78, 5) is 25.8. The van der Waals surface area contributed by atoms with E-state index in [1.807, 2.05) is 30.3 Å². The topological polar surface area (TPSA) is 58.6 Å². The summed E-state index contributed by atoms with van der Waals surface area (Å²) < 4.78 is 5.33. The molecule has 138 valence electrons. The van der Waals surface area contributed by atoms with E-state index in [2.05, 4.69) is 5.32 Å². The average molecular weight is 375 g/mol. The van der Waals surface area contributed by atoms with Crippen LogP contribution in [0.15, 0.2) is 48.5 Å². The molecule has 0 saturated carbocycles. The number of carbonyl (C=O) groups excluding carboxylic acids is 2. The first-order valence-electron chi connectivity index (χ1n) is 8.29. The molecule has 2 amide bonds. The van der Waals surface area contributed by atoms with Gasteiger partial charge in [0.15, 0.2) is 0 Å². The van der Waals surface area contributed by atoms with Gasteiger partial charge in [0.25, 0.3) is 0 Å². The van der Waals surface area contributed by atoms with Crippen LogP contribution in [0.4, 0.5) is 0 Å². The summed E-state index contributed by atoms with van der Waals surface area (Å²) in [5.41, 5.74) is 1.72. The van der Waals surface area contributed by atoms with Crippen molar-refractivity contribution in [3.8, 4) is 5.75 Å². The first-order chi connectivity index (χ1) is 12.4. The van der Waals surface area contributed by atoms with Crippen LogP contribution in [-0.4, -0.2) is 30.9 Å². The second-order valence-electron chi connectivity index (χ2n) is 6.07. The van der Waals surface area contributed by atoms with Crippen molar-refractivity contribution >= 4 is 23.4 Å². The Morgan fingerprint density at radius 3 is 2.50 bits per heavy atom. The van der Waals surface area contributed by atoms with Crippen molar-refractivity contribution in [3.63, 3.8) is 0 Å². The number of amides is 2. The lowest BCUT2D eigenvalue weighted by molar-refractivity contribution is -0.131. The molecule has 0 fully saturated rings. The van der Waals surface area contributed by atoms with Gasteiger partial charge in [-0.25, -0.2) is 0 Å². The van der Waals surface area contributed by atoms with E-state index < -0.39 is 0 Å². The number of nitrogens with zero attached hydrogens (tertiary/aromatic N) is 1. The molecule has 1 N–H and O–H groups in total. The average Bonchev–Trinajstić information content (AvgIpc) is 2.61. The minimum absolute atomic E-state index is 0.0883. The molecule has 6 heteroatoms. The van der Waals surface area contributed by atoms with E-state index in [0.29, 0.717) is 17.3 Å². The lowest BCUT2D eigenvalue weighted by Gasteiger charge is -2.23. The molecule has 0 aliphatic rings. The minimum atomic E-state index is -0.370. The Morgan fingerprint density at radius 2 is 1.88 bits per heavy atom. The normalized spacial score (nSPS) is 11.5. The summed E-state index contributed by atoms with van der Waals surface area (Å²) in [6.45, 7) is 1.81. The molecule has 1 atom stereocenters. The quantitative estimate of drug-likeness (QED) is 0.805. The molecule has 5 nitrogen and oxygen atoms in total. The van der Waals surface area contributed by atoms with E-state index in [0.717, 1.165) is 11.1 Å². The smallest absolute Gasteiger partial charge is 0.225 e. The second kappa shape index (κ2) is 9.25. The Hall–Kier alpha value is -2.53. The zero-order valence-corrected chi connectivity index (χ0v) is 15.9. The number of hydrogen-bond donors (Lipinski definition) is 1. The van der Waals surface area contributed by atoms with Crippen LogP contribution in [0, 0.1) is 0 Å². The number of methoxy groups -OCH3 is 1. The predicted octanol–water partition coefficient (Wildman–Crippen LogP) is 3.57. The molecule has 0 radical (unpaired) electrons. The van der Waals surface area contributed by atoms with Crippen molar-refractivity contribution < 1.29 is 14.3 Å². The Balaban J connectivity index is 2.11. The number of ether oxygens (including phenoxy) is 1. The number of hydrogen-bond acceptors (Lipinski definition) is 3. The maximum absolute atomic E-state index is 12.7. The van der Waals surface area contributed by atoms with Crippen molar-refractivity contribution in [2.75, 3.05) is 14.2 Å². The van der Waals surface area contributed by atoms with Crippen LogP contribution < -0.4 is 10.1 Å². The zero-order chi connectivity index (χ0) is 19.1. The molecule has 0 saturated heterocycles. The number of benzene rings is 2. The summed E-state index contributed by atoms with van der Waals surface area (Å²) in [6.07, 6.45) is 0.170. The number of nitrogens with one attached hydrogen (secondary N) is 1. The maximum atomic E-state index is 12.7. The third-order valence-electron chi connectivity index (χ3n) is 4.03. The monoisotopic (exact) mass is 374 g/mol. The second-order valence-corrected chi connectivity index (χ2v) is 6.51. The fourth-order valence-corrected chi connectivity index (χ4v) is 2.92. The summed E-state index contributed by atoms with van der Waals surface area (Å²) >= 11 is 6.05. The molecule has 2 aromatic carbocycles. The highest BCUT2D eigenvalue weighted by atomic mass is 35.5. The van der Waals surface area contributed by atoms with Gasteiger partial charge in [-0.05, 0) is 23.8 Å². The van der Waals surface area contributed by atoms with Crippen LogP contribution in [0.1, 0.15) is 30.5 Å². The van der Waals surface area contributed by atoms with E-state index in [9.17, 15) is 9.59 Å². The van der Waals surface area contributed by atoms with Crippen LogP contribution in [0.25, 0.3) is 0 Å². The highest BCUT2D eigenvalue weighted by molar-refractivity contribution is 6.30. The zero-order valence-electron chi connectivity index (χ0n) is 15.2. The summed E-state index contributed by atoms with van der Waals surface area (Å²) in [6, 6.07) is 14.4. The van der Waals surface area contributed by atoms with Crippen LogP contribution in [0.3, 0.4) is 0 Å². The standard InChI is InChI=1S/C20H23ClN2O3/c1-14(24)22-18(15-7-5-4-6-8-15)12-20(25)23(2)13-16-11-17(21)9-10-19(16)26-3/h4-11,18H,12-13H2,1-3H3,(H,22,24). The van der Waals surface area contributed by atoms with Gasteiger partial charge in [-0.2, -0.15) is 0 Å². The molecule has 0 spiro atoms. The molecule has 1 unspecified atom stereocenters. The van der Waals surface area contributed by atoms with Gasteiger partial charge < -0.3 is 15.0 Å². The van der Waals surface area contributed by atoms with E-state index in [1.165, 1.54) is 6.92 Å². The van der Waals surface area contributed by atoms with Crippen molar-refractivity contribution in [2.45, 2.75) is 25.9 Å². The van der Waals surface area contributed by atoms with E-state index >= 15 is 0 Å². The Morgan fingerprint density at radius 1 is 1.19 bits per heavy atom. The SMILES string of the molecule is COc1ccc(Cl)cc1CN(C)C(=O)CC(NC(C)=O)c1ccccc1. The van der Waals surface area contributed by atoms with Crippen LogP contribution in [0.5, 0.6) is 5.75 Å². The van der Waals surface area contributed by atoms with Crippen LogP contribution >= 0.6 is 11.6 Å². The van der Waals surface area contributed by atoms with Gasteiger partial charge in [-0.1, -0.05) is 41.9 Å². The summed E-state index contributed by atoms with van der Waals surface area (Å²) in [5, 5.41) is 3.43. The molecular weight excluding hydrogens is 352 g/mol. The summed E-state index contributed by atoms with van der Waals surface area (Å²) in [5.74, 6) is 0.413. The highest BCUT2D eigenvalue weighted by Crippen LogP contribution is 2.25. The van der Waals surface area contributed by atoms with Gasteiger partial charge in [-0.3, -0.25) is 9.59 Å². The molecule has 26 heavy (non-hydrogen) atoms. The van der Waals surface area contributed by atoms with Crippen molar-refractivity contribution in [1.29, 1.82) is 0 Å². The van der Waals surface area contributed by atoms with Gasteiger partial charge >= 0.3 is 0 Å². The number of carbonyl (C=O) groups is 2. The van der Waals surface area contributed by atoms with Crippen molar-refractivity contribution in [3.05, 3.63) is 64.7 Å². The van der Waals surface area contributed by atoms with Gasteiger partial charge in [0, 0.05) is 31.1 Å². The molecule has 0 aliphatic carbocycles. The van der Waals surface area contributed by atoms with Gasteiger partial charge in [0.1, 0.15) is 5.75 Å². The minimum Gasteiger partial charge on any atom is -0.496 e. The maximum Gasteiger partial charge on any atom is 0.225 e. The molecular formula is C20H23ClN2O3. The highest BCUT2D eigenvalue weighted by Gasteiger charge is 2.20. The molecule has 0 aliphatic heterocycles. The van der Waals surface area contributed by atoms with E-state index in [1.54, 1.807) is 37.3 Å². The Bertz CT molecular complexity index is 765. The largest absolute Gasteiger partial charge is 0.496 e. The molecule has 0 bridgehead atoms. The number of rotatable bonds is 7.